The summed E-state index contributed by atoms with van der Waals surface area (Å²) < 4.78 is 23.0. The predicted molar refractivity (Wildman–Crippen MR) is 122 cm³/mol. The summed E-state index contributed by atoms with van der Waals surface area (Å²) in [4.78, 5) is 39.2. The summed E-state index contributed by atoms with van der Waals surface area (Å²) in [5.74, 6) is -1.11. The van der Waals surface area contributed by atoms with Crippen molar-refractivity contribution in [3.05, 3.63) is 42.0 Å². The number of hydrogen-bond acceptors (Lipinski definition) is 6. The molecule has 1 saturated heterocycles. The number of carbonyl (C=O) groups excluding carboxylic acids is 3. The van der Waals surface area contributed by atoms with E-state index in [1.807, 2.05) is 6.92 Å². The van der Waals surface area contributed by atoms with Gasteiger partial charge in [-0.25, -0.2) is 9.00 Å². The zero-order chi connectivity index (χ0) is 24.2. The van der Waals surface area contributed by atoms with Crippen LogP contribution in [0.1, 0.15) is 40.2 Å². The first-order chi connectivity index (χ1) is 14.9. The first kappa shape index (κ1) is 25.9. The molecule has 1 aliphatic rings. The van der Waals surface area contributed by atoms with Crippen LogP contribution in [0.3, 0.4) is 0 Å². The second-order valence-corrected chi connectivity index (χ2v) is 10.4. The van der Waals surface area contributed by atoms with Crippen LogP contribution in [-0.2, 0) is 35.6 Å². The number of benzene rings is 1. The Labute approximate surface area is 195 Å². The SMILES string of the molecule is C=C(C)C(C(=O)OC(C)(C)C)N1C(=O)C(NC(=O)Cc2cccc(OCC)c2)C1S(=O)Cl. The van der Waals surface area contributed by atoms with Crippen LogP contribution in [0.15, 0.2) is 36.4 Å². The highest BCUT2D eigenvalue weighted by molar-refractivity contribution is 8.08. The van der Waals surface area contributed by atoms with Crippen LogP contribution in [0.4, 0.5) is 0 Å². The van der Waals surface area contributed by atoms with E-state index in [0.717, 1.165) is 4.90 Å². The van der Waals surface area contributed by atoms with E-state index in [1.165, 1.54) is 0 Å². The minimum Gasteiger partial charge on any atom is -0.494 e. The third-order valence-corrected chi connectivity index (χ3v) is 5.96. The molecule has 8 nitrogen and oxygen atoms in total. The standard InChI is InChI=1S/C22H29ClN2O6S/c1-7-30-15-10-8-9-14(11-15)12-16(26)24-17-19(27)25(20(17)32(23)29)18(13(2)3)21(28)31-22(4,5)6/h8-11,17-18,20H,2,7,12H2,1,3-6H3,(H,24,26). The molecule has 0 saturated carbocycles. The normalized spacial score (nSPS) is 20.1. The van der Waals surface area contributed by atoms with Crippen LogP contribution < -0.4 is 10.1 Å². The van der Waals surface area contributed by atoms with Gasteiger partial charge in [0.05, 0.1) is 13.0 Å². The van der Waals surface area contributed by atoms with Crippen LogP contribution >= 0.6 is 10.7 Å². The molecular weight excluding hydrogens is 456 g/mol. The van der Waals surface area contributed by atoms with Gasteiger partial charge in [-0.05, 0) is 68.6 Å². The molecule has 176 valence electrons. The molecule has 32 heavy (non-hydrogen) atoms. The number of rotatable bonds is 9. The highest BCUT2D eigenvalue weighted by Crippen LogP contribution is 2.31. The summed E-state index contributed by atoms with van der Waals surface area (Å²) in [5, 5.41) is 1.48. The van der Waals surface area contributed by atoms with Crippen molar-refractivity contribution in [3.63, 3.8) is 0 Å². The van der Waals surface area contributed by atoms with E-state index in [2.05, 4.69) is 11.9 Å². The van der Waals surface area contributed by atoms with Crippen molar-refractivity contribution in [2.75, 3.05) is 6.61 Å². The van der Waals surface area contributed by atoms with Crippen molar-refractivity contribution in [1.29, 1.82) is 0 Å². The number of likely N-dealkylation sites (tertiary alicyclic amines) is 1. The summed E-state index contributed by atoms with van der Waals surface area (Å²) in [6, 6.07) is 4.74. The average Bonchev–Trinajstić information content (AvgIpc) is 2.65. The number of ether oxygens (including phenoxy) is 2. The Morgan fingerprint density at radius 2 is 2.00 bits per heavy atom. The number of hydrogen-bond donors (Lipinski definition) is 1. The van der Waals surface area contributed by atoms with Gasteiger partial charge in [-0.3, -0.25) is 9.59 Å². The molecule has 4 unspecified atom stereocenters. The molecule has 2 rings (SSSR count). The molecule has 4 atom stereocenters. The Balaban J connectivity index is 2.15. The summed E-state index contributed by atoms with van der Waals surface area (Å²) >= 11 is 0. The Morgan fingerprint density at radius 3 is 2.53 bits per heavy atom. The predicted octanol–water partition coefficient (Wildman–Crippen LogP) is 2.47. The first-order valence-corrected chi connectivity index (χ1v) is 12.2. The van der Waals surface area contributed by atoms with E-state index in [0.29, 0.717) is 23.5 Å². The highest BCUT2D eigenvalue weighted by atomic mass is 35.7. The molecule has 1 heterocycles. The molecule has 0 aromatic heterocycles. The zero-order valence-electron chi connectivity index (χ0n) is 18.8. The molecular formula is C22H29ClN2O6S. The van der Waals surface area contributed by atoms with Crippen molar-refractivity contribution >= 4 is 38.5 Å². The largest absolute Gasteiger partial charge is 0.494 e. The molecule has 1 fully saturated rings. The van der Waals surface area contributed by atoms with Gasteiger partial charge in [0.15, 0.2) is 11.4 Å². The summed E-state index contributed by atoms with van der Waals surface area (Å²) in [6.07, 6.45) is -0.0116. The summed E-state index contributed by atoms with van der Waals surface area (Å²) in [5.41, 5.74) is 0.226. The fourth-order valence-corrected chi connectivity index (χ4v) is 4.69. The number of amides is 2. The smallest absolute Gasteiger partial charge is 0.333 e. The van der Waals surface area contributed by atoms with Crippen LogP contribution in [0.5, 0.6) is 5.75 Å². The van der Waals surface area contributed by atoms with Gasteiger partial charge < -0.3 is 19.7 Å². The molecule has 1 aromatic carbocycles. The van der Waals surface area contributed by atoms with Crippen molar-refractivity contribution in [2.45, 2.75) is 64.1 Å². The van der Waals surface area contributed by atoms with Gasteiger partial charge in [-0.2, -0.15) is 0 Å². The summed E-state index contributed by atoms with van der Waals surface area (Å²) in [6.45, 7) is 12.8. The van der Waals surface area contributed by atoms with Gasteiger partial charge in [-0.15, -0.1) is 0 Å². The molecule has 0 aliphatic carbocycles. The Bertz CT molecular complexity index is 929. The van der Waals surface area contributed by atoms with Gasteiger partial charge in [0, 0.05) is 0 Å². The third-order valence-electron chi connectivity index (χ3n) is 4.54. The number of nitrogens with one attached hydrogen (secondary N) is 1. The second-order valence-electron chi connectivity index (χ2n) is 8.47. The number of nitrogens with zero attached hydrogens (tertiary/aromatic N) is 1. The molecule has 1 N–H and O–H groups in total. The van der Waals surface area contributed by atoms with Crippen LogP contribution in [-0.4, -0.2) is 56.6 Å². The second kappa shape index (κ2) is 10.5. The lowest BCUT2D eigenvalue weighted by molar-refractivity contribution is -0.169. The maximum atomic E-state index is 12.9. The van der Waals surface area contributed by atoms with Gasteiger partial charge in [-0.1, -0.05) is 18.7 Å². The number of carbonyl (C=O) groups is 3. The quantitative estimate of drug-likeness (QED) is 0.250. The molecule has 0 spiro atoms. The minimum atomic E-state index is -2.06. The Hall–Kier alpha value is -2.39. The number of esters is 1. The Kier molecular flexibility index (Phi) is 8.47. The minimum absolute atomic E-state index is 0.0116. The molecule has 1 aromatic rings. The maximum absolute atomic E-state index is 12.9. The molecule has 0 bridgehead atoms. The topological polar surface area (TPSA) is 102 Å². The molecule has 10 heteroatoms. The third kappa shape index (κ3) is 6.32. The molecule has 1 aliphatic heterocycles. The van der Waals surface area contributed by atoms with Gasteiger partial charge >= 0.3 is 5.97 Å². The van der Waals surface area contributed by atoms with E-state index in [4.69, 9.17) is 20.2 Å². The van der Waals surface area contributed by atoms with Crippen LogP contribution in [0.25, 0.3) is 0 Å². The number of β-lactam (4-membered cyclic amide) rings is 1. The van der Waals surface area contributed by atoms with E-state index in [1.54, 1.807) is 52.0 Å². The molecule has 0 radical (unpaired) electrons. The van der Waals surface area contributed by atoms with Crippen molar-refractivity contribution in [1.82, 2.24) is 10.2 Å². The summed E-state index contributed by atoms with van der Waals surface area (Å²) in [7, 11) is 3.79. The van der Waals surface area contributed by atoms with E-state index in [9.17, 15) is 18.6 Å². The van der Waals surface area contributed by atoms with Crippen LogP contribution in [0.2, 0.25) is 0 Å². The monoisotopic (exact) mass is 484 g/mol. The first-order valence-electron chi connectivity index (χ1n) is 10.1. The van der Waals surface area contributed by atoms with E-state index >= 15 is 0 Å². The fraction of sp³-hybridized carbons (Fsp3) is 0.500. The Morgan fingerprint density at radius 1 is 1.34 bits per heavy atom. The van der Waals surface area contributed by atoms with Crippen molar-refractivity contribution < 1.29 is 28.1 Å². The maximum Gasteiger partial charge on any atom is 0.333 e. The van der Waals surface area contributed by atoms with Gasteiger partial charge in [0.1, 0.15) is 27.4 Å². The highest BCUT2D eigenvalue weighted by Gasteiger charge is 2.56. The molecule has 2 amide bonds. The lowest BCUT2D eigenvalue weighted by Gasteiger charge is -2.48. The fourth-order valence-electron chi connectivity index (χ4n) is 3.32. The lowest BCUT2D eigenvalue weighted by Crippen LogP contribution is -2.75. The lowest BCUT2D eigenvalue weighted by atomic mass is 9.98. The zero-order valence-corrected chi connectivity index (χ0v) is 20.4. The van der Waals surface area contributed by atoms with Crippen LogP contribution in [0, 0.1) is 0 Å². The van der Waals surface area contributed by atoms with E-state index < -0.39 is 50.9 Å². The van der Waals surface area contributed by atoms with Gasteiger partial charge in [0.2, 0.25) is 11.8 Å². The van der Waals surface area contributed by atoms with E-state index in [-0.39, 0.29) is 6.42 Å². The van der Waals surface area contributed by atoms with Gasteiger partial charge in [0.25, 0.3) is 0 Å². The van der Waals surface area contributed by atoms with Crippen molar-refractivity contribution in [2.24, 2.45) is 0 Å². The van der Waals surface area contributed by atoms with Crippen molar-refractivity contribution in [3.8, 4) is 5.75 Å². The average molecular weight is 485 g/mol. The number of halogens is 1.